The molecule has 9 heteroatoms. The molecule has 0 radical (unpaired) electrons. The lowest BCUT2D eigenvalue weighted by Crippen LogP contribution is -2.29. The minimum absolute atomic E-state index is 0.000441. The van der Waals surface area contributed by atoms with Crippen molar-refractivity contribution in [3.05, 3.63) is 74.6 Å². The first-order valence-electron chi connectivity index (χ1n) is 13.5. The molecule has 5 rings (SSSR count). The van der Waals surface area contributed by atoms with E-state index in [1.807, 2.05) is 18.2 Å². The predicted molar refractivity (Wildman–Crippen MR) is 162 cm³/mol. The number of anilines is 1. The van der Waals surface area contributed by atoms with Crippen molar-refractivity contribution in [2.45, 2.75) is 58.5 Å². The second-order valence-corrected chi connectivity index (χ2v) is 13.0. The topological polar surface area (TPSA) is 73.2 Å². The van der Waals surface area contributed by atoms with Crippen molar-refractivity contribution in [1.29, 1.82) is 0 Å². The number of nitrogens with zero attached hydrogens (tertiary/aromatic N) is 2. The Labute approximate surface area is 242 Å². The van der Waals surface area contributed by atoms with Crippen LogP contribution in [0, 0.1) is 24.1 Å². The molecule has 0 bridgehead atoms. The summed E-state index contributed by atoms with van der Waals surface area (Å²) in [6, 6.07) is 11.9. The molecule has 0 saturated carbocycles. The van der Waals surface area contributed by atoms with E-state index in [1.165, 1.54) is 22.7 Å². The minimum Gasteiger partial charge on any atom is -0.495 e. The number of thiophene rings is 1. The van der Waals surface area contributed by atoms with E-state index in [2.05, 4.69) is 26.1 Å². The molecular formula is C31H34FN3O3S2. The van der Waals surface area contributed by atoms with Crippen LogP contribution >= 0.6 is 23.1 Å². The van der Waals surface area contributed by atoms with Gasteiger partial charge in [0.25, 0.3) is 5.56 Å². The number of nitrogens with one attached hydrogen (secondary N) is 1. The maximum atomic E-state index is 14.2. The number of carbonyl (C=O) groups is 1. The Hall–Kier alpha value is -3.17. The summed E-state index contributed by atoms with van der Waals surface area (Å²) in [5.74, 6) is 0.401. The number of benzene rings is 2. The van der Waals surface area contributed by atoms with Gasteiger partial charge in [-0.05, 0) is 72.9 Å². The van der Waals surface area contributed by atoms with Gasteiger partial charge in [0.1, 0.15) is 16.4 Å². The Morgan fingerprint density at radius 3 is 2.77 bits per heavy atom. The third-order valence-corrected chi connectivity index (χ3v) is 10.3. The van der Waals surface area contributed by atoms with Gasteiger partial charge in [-0.1, -0.05) is 57.2 Å². The number of hydrogen-bond acceptors (Lipinski definition) is 6. The molecule has 1 N–H and O–H groups in total. The van der Waals surface area contributed by atoms with Gasteiger partial charge < -0.3 is 10.1 Å². The maximum absolute atomic E-state index is 14.2. The van der Waals surface area contributed by atoms with E-state index in [0.29, 0.717) is 44.0 Å². The smallest absolute Gasteiger partial charge is 0.267 e. The lowest BCUT2D eigenvalue weighted by Gasteiger charge is -2.36. The summed E-state index contributed by atoms with van der Waals surface area (Å²) in [7, 11) is 1.57. The molecule has 210 valence electrons. The Bertz CT molecular complexity index is 1640. The molecule has 2 aromatic carbocycles. The number of para-hydroxylation sites is 2. The fraction of sp³-hybridized carbons (Fsp3) is 0.387. The summed E-state index contributed by atoms with van der Waals surface area (Å²) in [4.78, 5) is 33.9. The standard InChI is InChI=1S/C31H34FN3O3S2/c1-6-31(3,4)19-12-14-21-25(15-19)40-28-27(21)29(37)35(23-9-7-8-10-24(23)38-5)30(34-28)39-17-26(36)33-20-13-11-18(2)22(32)16-20/h7-11,13,16,19H,6,12,14-15,17H2,1-5H3,(H,33,36). The van der Waals surface area contributed by atoms with Crippen LogP contribution in [0.3, 0.4) is 0 Å². The molecule has 1 unspecified atom stereocenters. The molecule has 0 spiro atoms. The van der Waals surface area contributed by atoms with Crippen molar-refractivity contribution >= 4 is 44.9 Å². The number of carbonyl (C=O) groups excluding carboxylic acids is 1. The number of hydrogen-bond donors (Lipinski definition) is 1. The largest absolute Gasteiger partial charge is 0.495 e. The van der Waals surface area contributed by atoms with Crippen LogP contribution in [0.5, 0.6) is 5.75 Å². The van der Waals surface area contributed by atoms with E-state index in [9.17, 15) is 14.0 Å². The average Bonchev–Trinajstić information content (AvgIpc) is 3.32. The second-order valence-electron chi connectivity index (χ2n) is 11.0. The average molecular weight is 580 g/mol. The molecule has 40 heavy (non-hydrogen) atoms. The number of halogens is 1. The third kappa shape index (κ3) is 5.41. The lowest BCUT2D eigenvalue weighted by molar-refractivity contribution is -0.113. The normalized spacial score (nSPS) is 15.2. The summed E-state index contributed by atoms with van der Waals surface area (Å²) >= 11 is 2.78. The summed E-state index contributed by atoms with van der Waals surface area (Å²) in [6.45, 7) is 8.56. The highest BCUT2D eigenvalue weighted by Gasteiger charge is 2.34. The number of aromatic nitrogens is 2. The van der Waals surface area contributed by atoms with Crippen LogP contribution in [-0.4, -0.2) is 28.3 Å². The molecule has 4 aromatic rings. The van der Waals surface area contributed by atoms with Crippen molar-refractivity contribution in [3.8, 4) is 11.4 Å². The zero-order valence-electron chi connectivity index (χ0n) is 23.5. The monoisotopic (exact) mass is 579 g/mol. The molecule has 0 saturated heterocycles. The fourth-order valence-corrected chi connectivity index (χ4v) is 7.43. The van der Waals surface area contributed by atoms with E-state index in [0.717, 1.165) is 31.2 Å². The quantitative estimate of drug-likeness (QED) is 0.177. The molecule has 2 heterocycles. The Morgan fingerprint density at radius 1 is 1.27 bits per heavy atom. The van der Waals surface area contributed by atoms with Crippen molar-refractivity contribution in [3.63, 3.8) is 0 Å². The molecular weight excluding hydrogens is 545 g/mol. The van der Waals surface area contributed by atoms with Crippen LogP contribution in [0.25, 0.3) is 15.9 Å². The number of methoxy groups -OCH3 is 1. The van der Waals surface area contributed by atoms with Crippen molar-refractivity contribution in [2.24, 2.45) is 11.3 Å². The number of ether oxygens (including phenoxy) is 1. The molecule has 1 atom stereocenters. The lowest BCUT2D eigenvalue weighted by atomic mass is 9.70. The van der Waals surface area contributed by atoms with E-state index >= 15 is 0 Å². The van der Waals surface area contributed by atoms with E-state index in [-0.39, 0.29) is 28.5 Å². The molecule has 2 aromatic heterocycles. The maximum Gasteiger partial charge on any atom is 0.267 e. The first kappa shape index (κ1) is 28.4. The first-order chi connectivity index (χ1) is 19.1. The molecule has 1 aliphatic rings. The summed E-state index contributed by atoms with van der Waals surface area (Å²) in [5, 5.41) is 3.82. The van der Waals surface area contributed by atoms with E-state index in [1.54, 1.807) is 48.1 Å². The number of thioether (sulfide) groups is 1. The SMILES string of the molecule is CCC(C)(C)C1CCc2c(sc3nc(SCC(=O)Nc4ccc(C)c(F)c4)n(-c4ccccc4OC)c(=O)c23)C1. The fourth-order valence-electron chi connectivity index (χ4n) is 5.28. The highest BCUT2D eigenvalue weighted by atomic mass is 32.2. The van der Waals surface area contributed by atoms with Gasteiger partial charge in [0, 0.05) is 10.6 Å². The van der Waals surface area contributed by atoms with Gasteiger partial charge in [-0.25, -0.2) is 9.37 Å². The van der Waals surface area contributed by atoms with Crippen molar-refractivity contribution in [1.82, 2.24) is 9.55 Å². The van der Waals surface area contributed by atoms with Crippen LogP contribution in [0.15, 0.2) is 52.4 Å². The van der Waals surface area contributed by atoms with Crippen LogP contribution in [0.1, 0.15) is 49.6 Å². The van der Waals surface area contributed by atoms with Crippen molar-refractivity contribution < 1.29 is 13.9 Å². The van der Waals surface area contributed by atoms with Crippen LogP contribution in [0.2, 0.25) is 0 Å². The Balaban J connectivity index is 1.54. The minimum atomic E-state index is -0.381. The summed E-state index contributed by atoms with van der Waals surface area (Å²) in [6.07, 6.45) is 3.95. The van der Waals surface area contributed by atoms with Gasteiger partial charge in [0.2, 0.25) is 5.91 Å². The van der Waals surface area contributed by atoms with Gasteiger partial charge in [-0.3, -0.25) is 14.2 Å². The van der Waals surface area contributed by atoms with Gasteiger partial charge in [-0.2, -0.15) is 0 Å². The van der Waals surface area contributed by atoms with Crippen LogP contribution in [-0.2, 0) is 17.6 Å². The van der Waals surface area contributed by atoms with Gasteiger partial charge in [0.05, 0.1) is 23.9 Å². The van der Waals surface area contributed by atoms with Crippen molar-refractivity contribution in [2.75, 3.05) is 18.2 Å². The Morgan fingerprint density at radius 2 is 2.05 bits per heavy atom. The third-order valence-electron chi connectivity index (χ3n) is 8.18. The Kier molecular flexibility index (Phi) is 8.06. The van der Waals surface area contributed by atoms with Gasteiger partial charge in [-0.15, -0.1) is 11.3 Å². The zero-order valence-corrected chi connectivity index (χ0v) is 25.1. The molecule has 1 amide bonds. The predicted octanol–water partition coefficient (Wildman–Crippen LogP) is 7.18. The van der Waals surface area contributed by atoms with E-state index < -0.39 is 0 Å². The summed E-state index contributed by atoms with van der Waals surface area (Å²) < 4.78 is 21.1. The zero-order chi connectivity index (χ0) is 28.6. The second kappa shape index (κ2) is 11.4. The van der Waals surface area contributed by atoms with Gasteiger partial charge in [0.15, 0.2) is 5.16 Å². The first-order valence-corrected chi connectivity index (χ1v) is 15.3. The highest BCUT2D eigenvalue weighted by Crippen LogP contribution is 2.44. The molecule has 0 fully saturated rings. The number of rotatable bonds is 8. The number of fused-ring (bicyclic) bond motifs is 3. The van der Waals surface area contributed by atoms with Crippen LogP contribution < -0.4 is 15.6 Å². The number of aryl methyl sites for hydroxylation is 2. The molecule has 0 aliphatic heterocycles. The highest BCUT2D eigenvalue weighted by molar-refractivity contribution is 7.99. The van der Waals surface area contributed by atoms with Gasteiger partial charge >= 0.3 is 0 Å². The summed E-state index contributed by atoms with van der Waals surface area (Å²) in [5.41, 5.74) is 2.66. The number of amides is 1. The molecule has 6 nitrogen and oxygen atoms in total. The van der Waals surface area contributed by atoms with Crippen LogP contribution in [0.4, 0.5) is 10.1 Å². The van der Waals surface area contributed by atoms with E-state index in [4.69, 9.17) is 9.72 Å². The molecule has 1 aliphatic carbocycles.